The largest absolute Gasteiger partial charge is 0.309 e. The van der Waals surface area contributed by atoms with Crippen molar-refractivity contribution in [1.82, 2.24) is 9.13 Å². The van der Waals surface area contributed by atoms with Gasteiger partial charge in [0, 0.05) is 58.5 Å². The molecule has 0 saturated heterocycles. The van der Waals surface area contributed by atoms with E-state index >= 15 is 0 Å². The number of rotatable bonds is 3. The maximum atomic E-state index is 2.61. The predicted molar refractivity (Wildman–Crippen MR) is 243 cm³/mol. The molecule has 3 aromatic heterocycles. The molecular formula is C54H38N2S. The summed E-state index contributed by atoms with van der Waals surface area (Å²) in [4.78, 5) is 0. The van der Waals surface area contributed by atoms with Gasteiger partial charge in [-0.05, 0) is 113 Å². The van der Waals surface area contributed by atoms with Crippen molar-refractivity contribution in [2.75, 3.05) is 0 Å². The molecule has 0 amide bonds. The molecule has 0 radical (unpaired) electrons. The molecule has 0 atom stereocenters. The van der Waals surface area contributed by atoms with Gasteiger partial charge < -0.3 is 9.13 Å². The predicted octanol–water partition coefficient (Wildman–Crippen LogP) is 15.1. The van der Waals surface area contributed by atoms with E-state index in [0.717, 1.165) is 0 Å². The van der Waals surface area contributed by atoms with Gasteiger partial charge in [0.15, 0.2) is 0 Å². The Morgan fingerprint density at radius 2 is 0.965 bits per heavy atom. The van der Waals surface area contributed by atoms with Crippen molar-refractivity contribution in [1.29, 1.82) is 0 Å². The zero-order valence-electron chi connectivity index (χ0n) is 31.5. The minimum absolute atomic E-state index is 0.0232. The lowest BCUT2D eigenvalue weighted by Crippen LogP contribution is -2.28. The second kappa shape index (κ2) is 11.8. The Kier molecular flexibility index (Phi) is 6.57. The molecule has 3 heteroatoms. The molecule has 0 unspecified atom stereocenters. The van der Waals surface area contributed by atoms with Crippen LogP contribution in [0.1, 0.15) is 43.2 Å². The molecule has 13 rings (SSSR count). The number of hydrogen-bond acceptors (Lipinski definition) is 1. The summed E-state index contributed by atoms with van der Waals surface area (Å²) >= 11 is 1.89. The molecule has 1 spiro atoms. The molecule has 1 fully saturated rings. The van der Waals surface area contributed by atoms with Crippen LogP contribution in [0.2, 0.25) is 0 Å². The summed E-state index contributed by atoms with van der Waals surface area (Å²) in [7, 11) is 0. The van der Waals surface area contributed by atoms with Gasteiger partial charge in [0.1, 0.15) is 0 Å². The van der Waals surface area contributed by atoms with Crippen LogP contribution in [0.25, 0.3) is 97.4 Å². The number of nitrogens with zero attached hydrogens (tertiary/aromatic N) is 2. The van der Waals surface area contributed by atoms with Crippen LogP contribution >= 0.6 is 11.3 Å². The van der Waals surface area contributed by atoms with Crippen molar-refractivity contribution in [3.8, 4) is 33.6 Å². The lowest BCUT2D eigenvalue weighted by Gasteiger charge is -2.36. The minimum Gasteiger partial charge on any atom is -0.309 e. The van der Waals surface area contributed by atoms with Crippen LogP contribution in [0, 0.1) is 0 Å². The SMILES string of the molecule is c1ccc(-n2c3ccccc3c3ccc(-c4ccc5c(c4)C4(CCCCC4)c4cc6c7ccccc7n(-c7ccc8c(c7)sc7ccccc78)c6cc4-5)cc32)cc1. The minimum atomic E-state index is 0.0232. The fourth-order valence-corrected chi connectivity index (χ4v) is 12.1. The second-order valence-electron chi connectivity index (χ2n) is 16.4. The van der Waals surface area contributed by atoms with Crippen molar-refractivity contribution >= 4 is 75.1 Å². The Morgan fingerprint density at radius 3 is 1.79 bits per heavy atom. The topological polar surface area (TPSA) is 9.86 Å². The lowest BCUT2D eigenvalue weighted by atomic mass is 9.67. The highest BCUT2D eigenvalue weighted by Crippen LogP contribution is 2.58. The standard InChI is InChI=1S/C54H38N2S/c1-3-13-36(14-4-1)55-48-18-8-5-15-39(48)41-25-22-35(30-50(41)55)34-21-24-38-44-33-51-45(32-47(44)54(46(38)29-34)27-11-2-12-28-54)40-16-6-9-19-49(40)56(51)37-23-26-43-42-17-7-10-20-52(42)57-53(43)31-37/h1,3-10,13-26,29-33H,2,11-12,27-28H2. The van der Waals surface area contributed by atoms with Crippen molar-refractivity contribution in [3.05, 3.63) is 181 Å². The van der Waals surface area contributed by atoms with E-state index < -0.39 is 0 Å². The van der Waals surface area contributed by atoms with Crippen LogP contribution in [-0.4, -0.2) is 9.13 Å². The zero-order valence-corrected chi connectivity index (χ0v) is 32.3. The van der Waals surface area contributed by atoms with E-state index in [-0.39, 0.29) is 5.41 Å². The molecule has 57 heavy (non-hydrogen) atoms. The summed E-state index contributed by atoms with van der Waals surface area (Å²) in [5, 5.41) is 7.96. The molecule has 3 heterocycles. The van der Waals surface area contributed by atoms with Gasteiger partial charge in [-0.1, -0.05) is 122 Å². The van der Waals surface area contributed by atoms with Gasteiger partial charge in [0.25, 0.3) is 0 Å². The van der Waals surface area contributed by atoms with Crippen LogP contribution in [0.15, 0.2) is 170 Å². The molecule has 8 aromatic carbocycles. The summed E-state index contributed by atoms with van der Waals surface area (Å²) < 4.78 is 7.64. The van der Waals surface area contributed by atoms with E-state index in [9.17, 15) is 0 Å². The lowest BCUT2D eigenvalue weighted by molar-refractivity contribution is 0.353. The van der Waals surface area contributed by atoms with Crippen LogP contribution in [0.4, 0.5) is 0 Å². The fraction of sp³-hybridized carbons (Fsp3) is 0.111. The van der Waals surface area contributed by atoms with Crippen LogP contribution < -0.4 is 0 Å². The van der Waals surface area contributed by atoms with Gasteiger partial charge >= 0.3 is 0 Å². The number of fused-ring (bicyclic) bond motifs is 14. The van der Waals surface area contributed by atoms with Crippen molar-refractivity contribution in [2.24, 2.45) is 0 Å². The van der Waals surface area contributed by atoms with Gasteiger partial charge in [0.05, 0.1) is 22.1 Å². The van der Waals surface area contributed by atoms with Crippen LogP contribution in [0.5, 0.6) is 0 Å². The van der Waals surface area contributed by atoms with Gasteiger partial charge in [-0.15, -0.1) is 11.3 Å². The van der Waals surface area contributed by atoms with E-state index in [2.05, 4.69) is 179 Å². The smallest absolute Gasteiger partial charge is 0.0547 e. The van der Waals surface area contributed by atoms with Crippen LogP contribution in [0.3, 0.4) is 0 Å². The number of thiophene rings is 1. The van der Waals surface area contributed by atoms with E-state index in [1.165, 1.54) is 141 Å². The fourth-order valence-electron chi connectivity index (χ4n) is 11.0. The second-order valence-corrected chi connectivity index (χ2v) is 17.5. The highest BCUT2D eigenvalue weighted by Gasteiger charge is 2.44. The first-order valence-electron chi connectivity index (χ1n) is 20.5. The molecule has 0 N–H and O–H groups in total. The maximum absolute atomic E-state index is 2.61. The summed E-state index contributed by atoms with van der Waals surface area (Å²) in [6, 6.07) is 64.2. The zero-order chi connectivity index (χ0) is 37.2. The Balaban J connectivity index is 1.02. The van der Waals surface area contributed by atoms with E-state index in [0.29, 0.717) is 0 Å². The average molecular weight is 747 g/mol. The molecule has 1 saturated carbocycles. The molecular weight excluding hydrogens is 709 g/mol. The third-order valence-electron chi connectivity index (χ3n) is 13.5. The molecule has 2 nitrogen and oxygen atoms in total. The normalized spacial score (nSPS) is 14.8. The Morgan fingerprint density at radius 1 is 0.368 bits per heavy atom. The van der Waals surface area contributed by atoms with Crippen LogP contribution in [-0.2, 0) is 5.41 Å². The molecule has 270 valence electrons. The van der Waals surface area contributed by atoms with E-state index in [4.69, 9.17) is 0 Å². The number of aromatic nitrogens is 2. The van der Waals surface area contributed by atoms with Gasteiger partial charge in [-0.25, -0.2) is 0 Å². The molecule has 11 aromatic rings. The highest BCUT2D eigenvalue weighted by molar-refractivity contribution is 7.25. The monoisotopic (exact) mass is 746 g/mol. The Hall–Kier alpha value is -6.42. The molecule has 0 aliphatic heterocycles. The number of para-hydroxylation sites is 3. The van der Waals surface area contributed by atoms with E-state index in [1.54, 1.807) is 0 Å². The average Bonchev–Trinajstić information content (AvgIpc) is 3.98. The third-order valence-corrected chi connectivity index (χ3v) is 14.6. The van der Waals surface area contributed by atoms with Crippen molar-refractivity contribution < 1.29 is 0 Å². The van der Waals surface area contributed by atoms with Crippen molar-refractivity contribution in [2.45, 2.75) is 37.5 Å². The molecule has 0 bridgehead atoms. The quantitative estimate of drug-likeness (QED) is 0.170. The number of hydrogen-bond donors (Lipinski definition) is 0. The van der Waals surface area contributed by atoms with Gasteiger partial charge in [0.2, 0.25) is 0 Å². The van der Waals surface area contributed by atoms with Gasteiger partial charge in [-0.3, -0.25) is 0 Å². The van der Waals surface area contributed by atoms with E-state index in [1.807, 2.05) is 11.3 Å². The summed E-state index contributed by atoms with van der Waals surface area (Å²) in [5.41, 5.74) is 15.9. The first kappa shape index (κ1) is 31.7. The first-order chi connectivity index (χ1) is 28.2. The third kappa shape index (κ3) is 4.41. The van der Waals surface area contributed by atoms with Crippen molar-refractivity contribution in [3.63, 3.8) is 0 Å². The molecule has 2 aliphatic rings. The Labute approximate surface area is 334 Å². The van der Waals surface area contributed by atoms with Gasteiger partial charge in [-0.2, -0.15) is 0 Å². The first-order valence-corrected chi connectivity index (χ1v) is 21.3. The molecule has 2 aliphatic carbocycles. The highest BCUT2D eigenvalue weighted by atomic mass is 32.1. The number of benzene rings is 8. The summed E-state index contributed by atoms with van der Waals surface area (Å²) in [6.45, 7) is 0. The maximum Gasteiger partial charge on any atom is 0.0547 e. The Bertz CT molecular complexity index is 3440. The summed E-state index contributed by atoms with van der Waals surface area (Å²) in [6.07, 6.45) is 6.24. The summed E-state index contributed by atoms with van der Waals surface area (Å²) in [5.74, 6) is 0.